The largest absolute Gasteiger partial charge is 0.464 e. The summed E-state index contributed by atoms with van der Waals surface area (Å²) in [5.74, 6) is -0.569. The Kier molecular flexibility index (Phi) is 7.28. The highest BCUT2D eigenvalue weighted by molar-refractivity contribution is 6.74. The molecule has 0 spiro atoms. The van der Waals surface area contributed by atoms with E-state index in [1.54, 1.807) is 6.33 Å². The second-order valence-corrected chi connectivity index (χ2v) is 23.5. The van der Waals surface area contributed by atoms with Crippen LogP contribution in [0.25, 0.3) is 11.2 Å². The summed E-state index contributed by atoms with van der Waals surface area (Å²) in [7, 11) is -3.74. The van der Waals surface area contributed by atoms with Crippen molar-refractivity contribution >= 4 is 34.0 Å². The van der Waals surface area contributed by atoms with Crippen LogP contribution in [0.1, 0.15) is 79.0 Å². The third-order valence-corrected chi connectivity index (χ3v) is 17.9. The maximum atomic E-state index is 12.3. The van der Waals surface area contributed by atoms with Crippen molar-refractivity contribution in [3.05, 3.63) is 18.3 Å². The molecule has 0 saturated carbocycles. The molecule has 4 rings (SSSR count). The van der Waals surface area contributed by atoms with Gasteiger partial charge in [0.05, 0.1) is 20.0 Å². The number of ether oxygens (including phenoxy) is 2. The molecule has 0 aromatic carbocycles. The zero-order chi connectivity index (χ0) is 28.5. The molecular formula is C26H44N4O6Si2. The number of methoxy groups -OCH3 is 1. The van der Waals surface area contributed by atoms with Crippen molar-refractivity contribution in [3.63, 3.8) is 0 Å². The van der Waals surface area contributed by atoms with Gasteiger partial charge in [0.2, 0.25) is 0 Å². The van der Waals surface area contributed by atoms with Crippen LogP contribution in [0.15, 0.2) is 12.7 Å². The zero-order valence-electron chi connectivity index (χ0n) is 24.9. The van der Waals surface area contributed by atoms with Crippen molar-refractivity contribution in [1.29, 1.82) is 0 Å². The summed E-state index contributed by atoms with van der Waals surface area (Å²) in [5.41, 5.74) is 0.943. The minimum Gasteiger partial charge on any atom is -0.464 e. The number of fused-ring (bicyclic) bond motifs is 2. The Balaban J connectivity index is 1.83. The third-order valence-electron chi connectivity index (χ3n) is 8.26. The molecule has 2 fully saturated rings. The van der Waals surface area contributed by atoms with Gasteiger partial charge in [0.15, 0.2) is 25.9 Å². The molecule has 0 bridgehead atoms. The topological polar surface area (TPSA) is 107 Å². The molecular weight excluding hydrogens is 520 g/mol. The molecule has 2 aliphatic rings. The number of esters is 1. The minimum absolute atomic E-state index is 0.0272. The Labute approximate surface area is 228 Å². The van der Waals surface area contributed by atoms with E-state index in [1.807, 2.05) is 4.57 Å². The fourth-order valence-electron chi connectivity index (χ4n) is 5.47. The lowest BCUT2D eigenvalue weighted by atomic mass is 10.1. The molecule has 0 N–H and O–H groups in total. The van der Waals surface area contributed by atoms with Crippen LogP contribution in [0.4, 0.5) is 0 Å². The molecule has 4 atom stereocenters. The summed E-state index contributed by atoms with van der Waals surface area (Å²) >= 11 is 0. The SMILES string of the molecule is COC(=O)c1ncnc2c1ncn2[C@@H]1O[C@@H]2CO[Si](C(C)(C)C)(C(C)(C)C)O[C@@H]2[C@H]1O[Si](C)(C)C(C)(C)C. The van der Waals surface area contributed by atoms with E-state index in [2.05, 4.69) is 90.4 Å². The van der Waals surface area contributed by atoms with E-state index in [4.69, 9.17) is 22.8 Å². The second kappa shape index (κ2) is 9.44. The van der Waals surface area contributed by atoms with Gasteiger partial charge in [-0.25, -0.2) is 19.7 Å². The number of hydrogen-bond acceptors (Lipinski definition) is 9. The number of carbonyl (C=O) groups excluding carboxylic acids is 1. The van der Waals surface area contributed by atoms with Gasteiger partial charge >= 0.3 is 14.5 Å². The molecule has 0 radical (unpaired) electrons. The highest BCUT2D eigenvalue weighted by Gasteiger charge is 2.66. The molecule has 0 amide bonds. The summed E-state index contributed by atoms with van der Waals surface area (Å²) in [6.07, 6.45) is 1.34. The zero-order valence-corrected chi connectivity index (χ0v) is 26.9. The molecule has 2 saturated heterocycles. The summed E-state index contributed by atoms with van der Waals surface area (Å²) in [5, 5.41) is -0.388. The number of rotatable bonds is 4. The molecule has 12 heteroatoms. The molecule has 2 aromatic rings. The Morgan fingerprint density at radius 2 is 1.68 bits per heavy atom. The number of carbonyl (C=O) groups is 1. The number of imidazole rings is 1. The number of aromatic nitrogens is 4. The quantitative estimate of drug-likeness (QED) is 0.358. The molecule has 0 unspecified atom stereocenters. The average Bonchev–Trinajstić information content (AvgIpc) is 3.36. The van der Waals surface area contributed by atoms with Crippen LogP contribution in [0.5, 0.6) is 0 Å². The van der Waals surface area contributed by atoms with Gasteiger partial charge in [-0.1, -0.05) is 62.3 Å². The van der Waals surface area contributed by atoms with Crippen LogP contribution in [0.2, 0.25) is 28.2 Å². The van der Waals surface area contributed by atoms with Crippen molar-refractivity contribution < 1.29 is 27.5 Å². The predicted octanol–water partition coefficient (Wildman–Crippen LogP) is 5.36. The molecule has 0 aliphatic carbocycles. The molecule has 2 aromatic heterocycles. The van der Waals surface area contributed by atoms with E-state index < -0.39 is 35.2 Å². The van der Waals surface area contributed by atoms with Gasteiger partial charge in [0.25, 0.3) is 0 Å². The standard InChI is InChI=1S/C26H44N4O6Si2/c1-24(2,3)37(11,12)35-20-19-16(13-33-38(36-19,25(4,5)6)26(7,8)9)34-22(20)30-15-29-17-18(23(31)32-10)27-14-28-21(17)30/h14-16,19-20,22H,13H2,1-12H3/t16-,19+,20-,22-/m1/s1. The van der Waals surface area contributed by atoms with E-state index in [0.717, 1.165) is 0 Å². The van der Waals surface area contributed by atoms with Gasteiger partial charge in [0, 0.05) is 10.1 Å². The van der Waals surface area contributed by atoms with Crippen LogP contribution in [-0.4, -0.2) is 74.4 Å². The lowest BCUT2D eigenvalue weighted by Crippen LogP contribution is -2.66. The fraction of sp³-hybridized carbons (Fsp3) is 0.769. The first-order valence-electron chi connectivity index (χ1n) is 13.3. The minimum atomic E-state index is -2.79. The Morgan fingerprint density at radius 3 is 2.24 bits per heavy atom. The third kappa shape index (κ3) is 4.66. The van der Waals surface area contributed by atoms with Gasteiger partial charge in [-0.3, -0.25) is 4.57 Å². The smallest absolute Gasteiger partial charge is 0.359 e. The summed E-state index contributed by atoms with van der Waals surface area (Å²) < 4.78 is 34.4. The van der Waals surface area contributed by atoms with Gasteiger partial charge in [0.1, 0.15) is 30.2 Å². The maximum Gasteiger partial charge on any atom is 0.359 e. The lowest BCUT2D eigenvalue weighted by molar-refractivity contribution is -0.0795. The highest BCUT2D eigenvalue weighted by Crippen LogP contribution is 2.56. The van der Waals surface area contributed by atoms with Crippen molar-refractivity contribution in [1.82, 2.24) is 19.5 Å². The van der Waals surface area contributed by atoms with E-state index in [1.165, 1.54) is 13.4 Å². The Morgan fingerprint density at radius 1 is 1.05 bits per heavy atom. The van der Waals surface area contributed by atoms with E-state index in [0.29, 0.717) is 17.8 Å². The number of nitrogens with zero attached hydrogens (tertiary/aromatic N) is 4. The van der Waals surface area contributed by atoms with Crippen LogP contribution in [-0.2, 0) is 22.8 Å². The molecule has 212 valence electrons. The van der Waals surface area contributed by atoms with Crippen LogP contribution < -0.4 is 0 Å². The van der Waals surface area contributed by atoms with Crippen molar-refractivity contribution in [2.45, 2.75) is 115 Å². The molecule has 10 nitrogen and oxygen atoms in total. The average molecular weight is 565 g/mol. The first-order chi connectivity index (χ1) is 17.3. The van der Waals surface area contributed by atoms with Crippen molar-refractivity contribution in [2.24, 2.45) is 0 Å². The highest BCUT2D eigenvalue weighted by atomic mass is 28.4. The molecule has 38 heavy (non-hydrogen) atoms. The van der Waals surface area contributed by atoms with E-state index >= 15 is 0 Å². The first-order valence-corrected chi connectivity index (χ1v) is 18.0. The second-order valence-electron chi connectivity index (χ2n) is 14.0. The normalized spacial score (nSPS) is 26.4. The predicted molar refractivity (Wildman–Crippen MR) is 149 cm³/mol. The monoisotopic (exact) mass is 564 g/mol. The van der Waals surface area contributed by atoms with Gasteiger partial charge < -0.3 is 22.8 Å². The van der Waals surface area contributed by atoms with E-state index in [-0.39, 0.29) is 33.0 Å². The fourth-order valence-corrected chi connectivity index (χ4v) is 11.7. The Hall–Kier alpha value is -1.71. The first kappa shape index (κ1) is 29.3. The Bertz CT molecular complexity index is 1180. The lowest BCUT2D eigenvalue weighted by Gasteiger charge is -2.54. The van der Waals surface area contributed by atoms with Crippen molar-refractivity contribution in [3.8, 4) is 0 Å². The van der Waals surface area contributed by atoms with Gasteiger partial charge in [-0.05, 0) is 18.1 Å². The van der Waals surface area contributed by atoms with E-state index in [9.17, 15) is 4.79 Å². The van der Waals surface area contributed by atoms with Crippen molar-refractivity contribution in [2.75, 3.05) is 13.7 Å². The summed E-state index contributed by atoms with van der Waals surface area (Å²) in [6, 6.07) is 0. The van der Waals surface area contributed by atoms with Crippen LogP contribution >= 0.6 is 0 Å². The molecule has 4 heterocycles. The number of hydrogen-bond donors (Lipinski definition) is 0. The summed E-state index contributed by atoms with van der Waals surface area (Å²) in [6.45, 7) is 24.8. The van der Waals surface area contributed by atoms with Gasteiger partial charge in [-0.2, -0.15) is 0 Å². The molecule has 2 aliphatic heterocycles. The maximum absolute atomic E-state index is 12.3. The van der Waals surface area contributed by atoms with Gasteiger partial charge in [-0.15, -0.1) is 0 Å². The summed E-state index contributed by atoms with van der Waals surface area (Å²) in [4.78, 5) is 25.4. The van der Waals surface area contributed by atoms with Crippen LogP contribution in [0, 0.1) is 0 Å². The van der Waals surface area contributed by atoms with Crippen LogP contribution in [0.3, 0.4) is 0 Å².